The molecular formula is C7H16N2O. The van der Waals surface area contributed by atoms with Crippen molar-refractivity contribution in [1.82, 2.24) is 5.43 Å². The van der Waals surface area contributed by atoms with Crippen molar-refractivity contribution < 1.29 is 4.74 Å². The monoisotopic (exact) mass is 144 g/mol. The molecule has 60 valence electrons. The number of hydrogen-bond acceptors (Lipinski definition) is 3. The van der Waals surface area contributed by atoms with E-state index >= 15 is 0 Å². The van der Waals surface area contributed by atoms with E-state index in [0.29, 0.717) is 5.41 Å². The van der Waals surface area contributed by atoms with Gasteiger partial charge in [-0.15, -0.1) is 0 Å². The summed E-state index contributed by atoms with van der Waals surface area (Å²) in [5, 5.41) is 0. The quantitative estimate of drug-likeness (QED) is 0.430. The van der Waals surface area contributed by atoms with Crippen molar-refractivity contribution in [2.45, 2.75) is 19.3 Å². The molecule has 1 fully saturated rings. The molecule has 1 rings (SSSR count). The third-order valence-electron chi connectivity index (χ3n) is 2.21. The van der Waals surface area contributed by atoms with E-state index in [9.17, 15) is 0 Å². The normalized spacial score (nSPS) is 21.0. The number of hydrogen-bond donors (Lipinski definition) is 2. The first-order chi connectivity index (χ1) is 4.83. The maximum Gasteiger partial charge on any atom is 0.0519 e. The van der Waals surface area contributed by atoms with Crippen molar-refractivity contribution in [3.8, 4) is 0 Å². The maximum atomic E-state index is 5.17. The summed E-state index contributed by atoms with van der Waals surface area (Å²) in [5.41, 5.74) is 3.15. The summed E-state index contributed by atoms with van der Waals surface area (Å²) in [5.74, 6) is 5.17. The van der Waals surface area contributed by atoms with Gasteiger partial charge < -0.3 is 4.74 Å². The van der Waals surface area contributed by atoms with Crippen molar-refractivity contribution in [3.05, 3.63) is 0 Å². The third kappa shape index (κ3) is 1.94. The predicted octanol–water partition coefficient (Wildman–Crippen LogP) is 0.266. The van der Waals surface area contributed by atoms with E-state index in [4.69, 9.17) is 10.6 Å². The first-order valence-corrected chi connectivity index (χ1v) is 3.75. The van der Waals surface area contributed by atoms with E-state index in [1.54, 1.807) is 7.11 Å². The fraction of sp³-hybridized carbons (Fsp3) is 1.00. The number of ether oxygens (including phenoxy) is 1. The highest BCUT2D eigenvalue weighted by atomic mass is 16.5. The molecule has 0 aromatic carbocycles. The zero-order valence-corrected chi connectivity index (χ0v) is 6.52. The van der Waals surface area contributed by atoms with Gasteiger partial charge in [0.05, 0.1) is 6.61 Å². The van der Waals surface area contributed by atoms with Crippen LogP contribution in [-0.4, -0.2) is 20.3 Å². The van der Waals surface area contributed by atoms with E-state index in [1.807, 2.05) is 0 Å². The molecule has 0 atom stereocenters. The summed E-state index contributed by atoms with van der Waals surface area (Å²) in [6.07, 6.45) is 3.77. The summed E-state index contributed by atoms with van der Waals surface area (Å²) < 4.78 is 5.10. The average molecular weight is 144 g/mol. The Bertz CT molecular complexity index is 102. The number of nitrogens with one attached hydrogen (secondary N) is 1. The molecule has 0 heterocycles. The smallest absolute Gasteiger partial charge is 0.0519 e. The molecule has 0 aromatic rings. The van der Waals surface area contributed by atoms with Crippen molar-refractivity contribution in [2.75, 3.05) is 20.3 Å². The van der Waals surface area contributed by atoms with Gasteiger partial charge in [0.15, 0.2) is 0 Å². The Morgan fingerprint density at radius 2 is 2.30 bits per heavy atom. The second kappa shape index (κ2) is 3.32. The highest BCUT2D eigenvalue weighted by molar-refractivity contribution is 4.92. The van der Waals surface area contributed by atoms with Crippen molar-refractivity contribution >= 4 is 0 Å². The summed E-state index contributed by atoms with van der Waals surface area (Å²) in [6, 6.07) is 0. The van der Waals surface area contributed by atoms with Crippen molar-refractivity contribution in [1.29, 1.82) is 0 Å². The van der Waals surface area contributed by atoms with Crippen LogP contribution in [0.25, 0.3) is 0 Å². The van der Waals surface area contributed by atoms with E-state index in [-0.39, 0.29) is 0 Å². The number of rotatable bonds is 5. The van der Waals surface area contributed by atoms with Crippen LogP contribution in [0.1, 0.15) is 19.3 Å². The van der Waals surface area contributed by atoms with Gasteiger partial charge in [-0.25, -0.2) is 0 Å². The zero-order chi connectivity index (χ0) is 7.45. The summed E-state index contributed by atoms with van der Waals surface area (Å²) in [6.45, 7) is 1.80. The van der Waals surface area contributed by atoms with E-state index in [0.717, 1.165) is 19.6 Å². The van der Waals surface area contributed by atoms with Gasteiger partial charge in [-0.05, 0) is 24.7 Å². The SMILES string of the molecule is COCC1(CCNN)CC1. The summed E-state index contributed by atoms with van der Waals surface area (Å²) in [7, 11) is 1.76. The molecule has 1 aliphatic carbocycles. The number of nitrogens with two attached hydrogens (primary N) is 1. The van der Waals surface area contributed by atoms with Crippen LogP contribution in [0.3, 0.4) is 0 Å². The van der Waals surface area contributed by atoms with Crippen LogP contribution >= 0.6 is 0 Å². The van der Waals surface area contributed by atoms with Crippen LogP contribution < -0.4 is 11.3 Å². The van der Waals surface area contributed by atoms with Crippen LogP contribution in [0, 0.1) is 5.41 Å². The zero-order valence-electron chi connectivity index (χ0n) is 6.52. The molecule has 0 amide bonds. The number of methoxy groups -OCH3 is 1. The Labute approximate surface area is 61.9 Å². The van der Waals surface area contributed by atoms with Gasteiger partial charge in [0.1, 0.15) is 0 Å². The molecule has 0 aromatic heterocycles. The van der Waals surface area contributed by atoms with Crippen LogP contribution in [0.15, 0.2) is 0 Å². The molecule has 0 spiro atoms. The Morgan fingerprint density at radius 1 is 1.60 bits per heavy atom. The highest BCUT2D eigenvalue weighted by Gasteiger charge is 2.41. The molecule has 0 bridgehead atoms. The van der Waals surface area contributed by atoms with Crippen molar-refractivity contribution in [3.63, 3.8) is 0 Å². The fourth-order valence-electron chi connectivity index (χ4n) is 1.29. The van der Waals surface area contributed by atoms with E-state index < -0.39 is 0 Å². The number of hydrazine groups is 1. The highest BCUT2D eigenvalue weighted by Crippen LogP contribution is 2.48. The lowest BCUT2D eigenvalue weighted by molar-refractivity contribution is 0.136. The van der Waals surface area contributed by atoms with Crippen LogP contribution in [0.5, 0.6) is 0 Å². The molecule has 10 heavy (non-hydrogen) atoms. The minimum atomic E-state index is 0.487. The molecular weight excluding hydrogens is 128 g/mol. The lowest BCUT2D eigenvalue weighted by Crippen LogP contribution is -2.26. The molecule has 3 heteroatoms. The average Bonchev–Trinajstić information content (AvgIpc) is 2.67. The van der Waals surface area contributed by atoms with Crippen LogP contribution in [-0.2, 0) is 4.74 Å². The largest absolute Gasteiger partial charge is 0.384 e. The van der Waals surface area contributed by atoms with E-state index in [1.165, 1.54) is 12.8 Å². The Kier molecular flexibility index (Phi) is 2.65. The molecule has 1 aliphatic rings. The first-order valence-electron chi connectivity index (χ1n) is 3.75. The summed E-state index contributed by atoms with van der Waals surface area (Å²) in [4.78, 5) is 0. The fourth-order valence-corrected chi connectivity index (χ4v) is 1.29. The van der Waals surface area contributed by atoms with Crippen molar-refractivity contribution in [2.24, 2.45) is 11.3 Å². The van der Waals surface area contributed by atoms with Gasteiger partial charge in [-0.3, -0.25) is 11.3 Å². The molecule has 1 saturated carbocycles. The molecule has 0 saturated heterocycles. The van der Waals surface area contributed by atoms with Crippen LogP contribution in [0.2, 0.25) is 0 Å². The summed E-state index contributed by atoms with van der Waals surface area (Å²) >= 11 is 0. The topological polar surface area (TPSA) is 47.3 Å². The lowest BCUT2D eigenvalue weighted by atomic mass is 10.0. The maximum absolute atomic E-state index is 5.17. The minimum Gasteiger partial charge on any atom is -0.384 e. The van der Waals surface area contributed by atoms with Gasteiger partial charge >= 0.3 is 0 Å². The Morgan fingerprint density at radius 3 is 2.70 bits per heavy atom. The van der Waals surface area contributed by atoms with Gasteiger partial charge in [0.25, 0.3) is 0 Å². The molecule has 3 N–H and O–H groups in total. The molecule has 0 unspecified atom stereocenters. The minimum absolute atomic E-state index is 0.487. The van der Waals surface area contributed by atoms with Gasteiger partial charge in [0, 0.05) is 13.7 Å². The second-order valence-corrected chi connectivity index (χ2v) is 3.14. The standard InChI is InChI=1S/C7H16N2O/c1-10-6-7(2-3-7)4-5-9-8/h9H,2-6,8H2,1H3. The van der Waals surface area contributed by atoms with Gasteiger partial charge in [-0.1, -0.05) is 0 Å². The Hall–Kier alpha value is -0.120. The molecule has 3 nitrogen and oxygen atoms in total. The molecule has 0 aliphatic heterocycles. The lowest BCUT2D eigenvalue weighted by Gasteiger charge is -2.12. The van der Waals surface area contributed by atoms with Gasteiger partial charge in [0.2, 0.25) is 0 Å². The predicted molar refractivity (Wildman–Crippen MR) is 40.4 cm³/mol. The first kappa shape index (κ1) is 7.98. The van der Waals surface area contributed by atoms with Crippen LogP contribution in [0.4, 0.5) is 0 Å². The second-order valence-electron chi connectivity index (χ2n) is 3.14. The van der Waals surface area contributed by atoms with Gasteiger partial charge in [-0.2, -0.15) is 0 Å². The molecule has 0 radical (unpaired) electrons. The Balaban J connectivity index is 2.11. The van der Waals surface area contributed by atoms with E-state index in [2.05, 4.69) is 5.43 Å². The third-order valence-corrected chi connectivity index (χ3v) is 2.21.